The van der Waals surface area contributed by atoms with Crippen LogP contribution in [-0.2, 0) is 4.74 Å². The molecule has 132 valence electrons. The average Bonchev–Trinajstić information content (AvgIpc) is 2.57. The number of carbonyl (C=O) groups is 2. The number of nitrogens with zero attached hydrogens (tertiary/aromatic N) is 1. The van der Waals surface area contributed by atoms with E-state index in [0.717, 1.165) is 11.3 Å². The molecule has 0 spiro atoms. The van der Waals surface area contributed by atoms with Crippen LogP contribution in [0.25, 0.3) is 0 Å². The van der Waals surface area contributed by atoms with Crippen molar-refractivity contribution < 1.29 is 19.1 Å². The second-order valence-electron chi connectivity index (χ2n) is 5.32. The molecule has 0 aromatic heterocycles. The number of hydrogen-bond acceptors (Lipinski definition) is 4. The van der Waals surface area contributed by atoms with E-state index in [0.29, 0.717) is 18.0 Å². The first-order valence-corrected chi connectivity index (χ1v) is 8.13. The number of ether oxygens (including phenoxy) is 2. The van der Waals surface area contributed by atoms with E-state index < -0.39 is 6.16 Å². The van der Waals surface area contributed by atoms with Gasteiger partial charge in [0.1, 0.15) is 5.75 Å². The highest BCUT2D eigenvalue weighted by Crippen LogP contribution is 2.19. The lowest BCUT2D eigenvalue weighted by molar-refractivity contribution is 0.104. The summed E-state index contributed by atoms with van der Waals surface area (Å²) in [5.41, 5.74) is 2.53. The number of rotatable bonds is 5. The lowest BCUT2D eigenvalue weighted by atomic mass is 10.2. The van der Waals surface area contributed by atoms with E-state index in [2.05, 4.69) is 5.32 Å². The summed E-state index contributed by atoms with van der Waals surface area (Å²) in [6.07, 6.45) is -0.754. The van der Waals surface area contributed by atoms with Crippen molar-refractivity contribution in [3.05, 3.63) is 54.1 Å². The molecule has 0 unspecified atom stereocenters. The van der Waals surface area contributed by atoms with Gasteiger partial charge in [-0.3, -0.25) is 4.90 Å². The first kappa shape index (κ1) is 18.3. The van der Waals surface area contributed by atoms with E-state index in [1.165, 1.54) is 0 Å². The molecule has 0 heterocycles. The highest BCUT2D eigenvalue weighted by Gasteiger charge is 2.14. The van der Waals surface area contributed by atoms with E-state index in [-0.39, 0.29) is 12.6 Å². The van der Waals surface area contributed by atoms with Gasteiger partial charge in [0.2, 0.25) is 0 Å². The van der Waals surface area contributed by atoms with Crippen LogP contribution < -0.4 is 15.0 Å². The zero-order valence-corrected chi connectivity index (χ0v) is 14.6. The molecule has 6 nitrogen and oxygen atoms in total. The number of nitrogens with one attached hydrogen (secondary N) is 1. The van der Waals surface area contributed by atoms with Gasteiger partial charge in [-0.05, 0) is 62.7 Å². The summed E-state index contributed by atoms with van der Waals surface area (Å²) >= 11 is 0. The Morgan fingerprint density at radius 1 is 1.08 bits per heavy atom. The largest absolute Gasteiger partial charge is 0.513 e. The van der Waals surface area contributed by atoms with Crippen molar-refractivity contribution in [1.82, 2.24) is 0 Å². The minimum atomic E-state index is -0.754. The Labute approximate surface area is 147 Å². The van der Waals surface area contributed by atoms with Crippen LogP contribution in [0.15, 0.2) is 48.5 Å². The van der Waals surface area contributed by atoms with Gasteiger partial charge >= 0.3 is 12.2 Å². The molecule has 6 heteroatoms. The fraction of sp³-hybridized carbons (Fsp3) is 0.263. The summed E-state index contributed by atoms with van der Waals surface area (Å²) < 4.78 is 9.69. The van der Waals surface area contributed by atoms with Gasteiger partial charge in [0.15, 0.2) is 0 Å². The number of benzene rings is 2. The van der Waals surface area contributed by atoms with E-state index in [1.54, 1.807) is 36.1 Å². The Balaban J connectivity index is 2.02. The Morgan fingerprint density at radius 3 is 2.40 bits per heavy atom. The Morgan fingerprint density at radius 2 is 1.80 bits per heavy atom. The molecular weight excluding hydrogens is 320 g/mol. The maximum Gasteiger partial charge on any atom is 0.513 e. The van der Waals surface area contributed by atoms with E-state index in [9.17, 15) is 9.59 Å². The number of carbonyl (C=O) groups excluding carboxylic acids is 2. The quantitative estimate of drug-likeness (QED) is 0.637. The second kappa shape index (κ2) is 8.73. The van der Waals surface area contributed by atoms with Crippen LogP contribution in [0.4, 0.5) is 21.0 Å². The summed E-state index contributed by atoms with van der Waals surface area (Å²) in [4.78, 5) is 25.4. The smallest absolute Gasteiger partial charge is 0.434 e. The van der Waals surface area contributed by atoms with Crippen LogP contribution in [0.3, 0.4) is 0 Å². The molecule has 2 amide bonds. The number of amides is 2. The zero-order valence-electron chi connectivity index (χ0n) is 14.6. The van der Waals surface area contributed by atoms with Crippen molar-refractivity contribution in [2.45, 2.75) is 20.8 Å². The molecule has 0 fully saturated rings. The maximum atomic E-state index is 12.5. The monoisotopic (exact) mass is 342 g/mol. The zero-order chi connectivity index (χ0) is 18.2. The van der Waals surface area contributed by atoms with Gasteiger partial charge in [-0.1, -0.05) is 12.1 Å². The van der Waals surface area contributed by atoms with Gasteiger partial charge in [0.05, 0.1) is 6.61 Å². The van der Waals surface area contributed by atoms with Crippen molar-refractivity contribution in [3.63, 3.8) is 0 Å². The van der Waals surface area contributed by atoms with Crippen LogP contribution in [0, 0.1) is 6.92 Å². The fourth-order valence-electron chi connectivity index (χ4n) is 2.28. The van der Waals surface area contributed by atoms with Crippen LogP contribution in [0.2, 0.25) is 0 Å². The highest BCUT2D eigenvalue weighted by atomic mass is 16.7. The fourth-order valence-corrected chi connectivity index (χ4v) is 2.28. The molecule has 0 atom stereocenters. The predicted molar refractivity (Wildman–Crippen MR) is 97.3 cm³/mol. The molecule has 2 aromatic rings. The van der Waals surface area contributed by atoms with Crippen molar-refractivity contribution in [3.8, 4) is 5.75 Å². The van der Waals surface area contributed by atoms with Gasteiger partial charge < -0.3 is 14.8 Å². The van der Waals surface area contributed by atoms with E-state index in [1.807, 2.05) is 38.1 Å². The molecule has 0 aliphatic carbocycles. The van der Waals surface area contributed by atoms with E-state index in [4.69, 9.17) is 9.47 Å². The number of anilines is 2. The summed E-state index contributed by atoms with van der Waals surface area (Å²) in [5.74, 6) is 0.350. The van der Waals surface area contributed by atoms with Crippen LogP contribution >= 0.6 is 0 Å². The summed E-state index contributed by atoms with van der Waals surface area (Å²) in [6.45, 7) is 6.39. The highest BCUT2D eigenvalue weighted by molar-refractivity contribution is 6.01. The molecule has 0 aliphatic rings. The molecule has 0 bridgehead atoms. The van der Waals surface area contributed by atoms with Crippen LogP contribution in [-0.4, -0.2) is 25.3 Å². The topological polar surface area (TPSA) is 67.9 Å². The summed E-state index contributed by atoms with van der Waals surface area (Å²) in [6, 6.07) is 14.0. The molecule has 1 N–H and O–H groups in total. The number of hydrogen-bond donors (Lipinski definition) is 1. The minimum absolute atomic E-state index is 0.229. The number of urea groups is 1. The molecule has 0 saturated heterocycles. The average molecular weight is 342 g/mol. The first-order chi connectivity index (χ1) is 12.0. The van der Waals surface area contributed by atoms with Gasteiger partial charge in [-0.2, -0.15) is 0 Å². The Bertz CT molecular complexity index is 728. The lowest BCUT2D eigenvalue weighted by Crippen LogP contribution is -2.34. The van der Waals surface area contributed by atoms with Crippen LogP contribution in [0.1, 0.15) is 19.4 Å². The Kier molecular flexibility index (Phi) is 6.39. The van der Waals surface area contributed by atoms with Crippen molar-refractivity contribution in [2.24, 2.45) is 0 Å². The molecule has 0 radical (unpaired) electrons. The van der Waals surface area contributed by atoms with Gasteiger partial charge in [-0.25, -0.2) is 9.59 Å². The van der Waals surface area contributed by atoms with E-state index >= 15 is 0 Å². The second-order valence-corrected chi connectivity index (χ2v) is 5.32. The van der Waals surface area contributed by atoms with Gasteiger partial charge in [0.25, 0.3) is 0 Å². The molecule has 2 rings (SSSR count). The summed E-state index contributed by atoms with van der Waals surface area (Å²) in [7, 11) is 0. The Hall–Kier alpha value is -3.02. The van der Waals surface area contributed by atoms with Gasteiger partial charge in [0, 0.05) is 17.9 Å². The molecule has 0 aliphatic heterocycles. The minimum Gasteiger partial charge on any atom is -0.434 e. The summed E-state index contributed by atoms with van der Waals surface area (Å²) in [5, 5.41) is 2.83. The standard InChI is InChI=1S/C19H22N2O4/c1-4-21(16-8-6-7-14(3)13-16)18(22)20-15-9-11-17(12-10-15)25-19(23)24-5-2/h6-13H,4-5H2,1-3H3,(H,20,22). The van der Waals surface area contributed by atoms with Crippen LogP contribution in [0.5, 0.6) is 5.75 Å². The lowest BCUT2D eigenvalue weighted by Gasteiger charge is -2.22. The third kappa shape index (κ3) is 5.24. The van der Waals surface area contributed by atoms with Crippen molar-refractivity contribution in [1.29, 1.82) is 0 Å². The van der Waals surface area contributed by atoms with Gasteiger partial charge in [-0.15, -0.1) is 0 Å². The normalized spacial score (nSPS) is 10.0. The molecule has 0 saturated carbocycles. The third-order valence-electron chi connectivity index (χ3n) is 3.44. The predicted octanol–water partition coefficient (Wildman–Crippen LogP) is 4.59. The van der Waals surface area contributed by atoms with Crippen molar-refractivity contribution in [2.75, 3.05) is 23.4 Å². The molecular formula is C19H22N2O4. The number of aryl methyl sites for hydroxylation is 1. The maximum absolute atomic E-state index is 12.5. The van der Waals surface area contributed by atoms with Crippen molar-refractivity contribution >= 4 is 23.6 Å². The molecule has 2 aromatic carbocycles. The molecule has 25 heavy (non-hydrogen) atoms. The third-order valence-corrected chi connectivity index (χ3v) is 3.44. The SMILES string of the molecule is CCOC(=O)Oc1ccc(NC(=O)N(CC)c2cccc(C)c2)cc1. The first-order valence-electron chi connectivity index (χ1n) is 8.13.